The summed E-state index contributed by atoms with van der Waals surface area (Å²) < 4.78 is 18.0. The number of rotatable bonds is 11. The summed E-state index contributed by atoms with van der Waals surface area (Å²) in [4.78, 5) is 16.6. The van der Waals surface area contributed by atoms with Gasteiger partial charge in [-0.2, -0.15) is 0 Å². The molecule has 0 unspecified atom stereocenters. The number of piperidine rings is 1. The summed E-state index contributed by atoms with van der Waals surface area (Å²) in [7, 11) is 1.78. The van der Waals surface area contributed by atoms with Crippen LogP contribution in [0.1, 0.15) is 50.5 Å². The van der Waals surface area contributed by atoms with E-state index in [4.69, 9.17) is 25.8 Å². The predicted octanol–water partition coefficient (Wildman–Crippen LogP) is 5.57. The number of benzene rings is 2. The first-order chi connectivity index (χ1) is 17.5. The third-order valence-corrected chi connectivity index (χ3v) is 7.55. The first kappa shape index (κ1) is 26.8. The summed E-state index contributed by atoms with van der Waals surface area (Å²) in [5, 5.41) is 0.674. The van der Waals surface area contributed by atoms with Crippen molar-refractivity contribution in [2.24, 2.45) is 0 Å². The van der Waals surface area contributed by atoms with Crippen LogP contribution in [0.2, 0.25) is 5.02 Å². The van der Waals surface area contributed by atoms with Gasteiger partial charge in [0.05, 0.1) is 6.61 Å². The summed E-state index contributed by atoms with van der Waals surface area (Å²) in [6.45, 7) is 5.59. The van der Waals surface area contributed by atoms with Crippen molar-refractivity contribution in [2.75, 3.05) is 46.5 Å². The van der Waals surface area contributed by atoms with Gasteiger partial charge in [-0.3, -0.25) is 9.69 Å². The van der Waals surface area contributed by atoms with E-state index in [0.29, 0.717) is 30.6 Å². The molecule has 2 fully saturated rings. The second kappa shape index (κ2) is 13.3. The molecule has 0 saturated carbocycles. The van der Waals surface area contributed by atoms with Crippen molar-refractivity contribution in [2.45, 2.75) is 57.1 Å². The molecule has 0 aromatic heterocycles. The van der Waals surface area contributed by atoms with Crippen molar-refractivity contribution in [3.8, 4) is 11.5 Å². The number of likely N-dealkylation sites (tertiary alicyclic amines) is 2. The minimum atomic E-state index is -0.279. The van der Waals surface area contributed by atoms with Gasteiger partial charge >= 0.3 is 0 Å². The van der Waals surface area contributed by atoms with Gasteiger partial charge in [0.1, 0.15) is 23.7 Å². The number of carbonyl (C=O) groups is 1. The molecule has 2 aliphatic heterocycles. The second-order valence-electron chi connectivity index (χ2n) is 9.95. The zero-order valence-electron chi connectivity index (χ0n) is 21.4. The molecule has 0 spiro atoms. The number of hydrogen-bond acceptors (Lipinski definition) is 5. The van der Waals surface area contributed by atoms with E-state index in [0.717, 1.165) is 82.7 Å². The van der Waals surface area contributed by atoms with Gasteiger partial charge in [0.15, 0.2) is 0 Å². The van der Waals surface area contributed by atoms with Gasteiger partial charge in [0, 0.05) is 51.3 Å². The molecule has 2 aromatic carbocycles. The van der Waals surface area contributed by atoms with Crippen LogP contribution in [-0.2, 0) is 16.1 Å². The first-order valence-electron chi connectivity index (χ1n) is 13.2. The largest absolute Gasteiger partial charge is 0.494 e. The van der Waals surface area contributed by atoms with E-state index < -0.39 is 0 Å². The number of halogens is 1. The summed E-state index contributed by atoms with van der Waals surface area (Å²) in [6.07, 6.45) is 6.68. The summed E-state index contributed by atoms with van der Waals surface area (Å²) in [5.41, 5.74) is 0.966. The maximum absolute atomic E-state index is 12.1. The fourth-order valence-corrected chi connectivity index (χ4v) is 5.19. The number of methoxy groups -OCH3 is 1. The molecular formula is C29H39ClN2O4. The van der Waals surface area contributed by atoms with E-state index >= 15 is 0 Å². The van der Waals surface area contributed by atoms with Crippen molar-refractivity contribution in [3.05, 3.63) is 59.1 Å². The highest BCUT2D eigenvalue weighted by Crippen LogP contribution is 2.29. The van der Waals surface area contributed by atoms with Crippen LogP contribution in [0, 0.1) is 0 Å². The summed E-state index contributed by atoms with van der Waals surface area (Å²) in [6, 6.07) is 15.9. The smallest absolute Gasteiger partial charge is 0.222 e. The van der Waals surface area contributed by atoms with Crippen LogP contribution in [0.3, 0.4) is 0 Å². The third kappa shape index (κ3) is 7.86. The zero-order chi connectivity index (χ0) is 25.2. The van der Waals surface area contributed by atoms with Gasteiger partial charge in [-0.05, 0) is 68.0 Å². The summed E-state index contributed by atoms with van der Waals surface area (Å²) in [5.74, 6) is 1.97. The van der Waals surface area contributed by atoms with Crippen LogP contribution in [0.5, 0.6) is 11.5 Å². The molecule has 2 saturated heterocycles. The van der Waals surface area contributed by atoms with Crippen LogP contribution < -0.4 is 9.47 Å². The fraction of sp³-hybridized carbons (Fsp3) is 0.552. The highest BCUT2D eigenvalue weighted by atomic mass is 35.5. The molecule has 0 aliphatic carbocycles. The van der Waals surface area contributed by atoms with Crippen LogP contribution in [0.25, 0.3) is 0 Å². The Hall–Kier alpha value is -2.28. The number of hydrogen-bond donors (Lipinski definition) is 0. The van der Waals surface area contributed by atoms with E-state index in [9.17, 15) is 4.79 Å². The Morgan fingerprint density at radius 1 is 0.944 bits per heavy atom. The van der Waals surface area contributed by atoms with Gasteiger partial charge in [0.2, 0.25) is 5.91 Å². The van der Waals surface area contributed by atoms with Crippen LogP contribution >= 0.6 is 11.6 Å². The zero-order valence-corrected chi connectivity index (χ0v) is 22.2. The topological polar surface area (TPSA) is 51.2 Å². The van der Waals surface area contributed by atoms with E-state index in [1.165, 1.54) is 5.56 Å². The number of ether oxygens (including phenoxy) is 3. The molecule has 7 heteroatoms. The van der Waals surface area contributed by atoms with E-state index in [2.05, 4.69) is 23.1 Å². The SMILES string of the molecule is COC1(COc2cccc(Cl)c2)CCN(Cc2cccc(OCCCN3CCCCCC3=O)c2)CC1. The molecule has 0 radical (unpaired) electrons. The molecule has 0 atom stereocenters. The van der Waals surface area contributed by atoms with Gasteiger partial charge < -0.3 is 19.1 Å². The molecule has 196 valence electrons. The van der Waals surface area contributed by atoms with Crippen LogP contribution in [-0.4, -0.2) is 67.8 Å². The molecular weight excluding hydrogens is 476 g/mol. The Labute approximate surface area is 220 Å². The minimum absolute atomic E-state index is 0.279. The van der Waals surface area contributed by atoms with Gasteiger partial charge in [-0.1, -0.05) is 36.2 Å². The van der Waals surface area contributed by atoms with Gasteiger partial charge in [0.25, 0.3) is 0 Å². The molecule has 6 nitrogen and oxygen atoms in total. The van der Waals surface area contributed by atoms with E-state index in [1.807, 2.05) is 35.2 Å². The second-order valence-corrected chi connectivity index (χ2v) is 10.4. The normalized spacial score (nSPS) is 18.6. The minimum Gasteiger partial charge on any atom is -0.494 e. The van der Waals surface area contributed by atoms with Gasteiger partial charge in [-0.15, -0.1) is 0 Å². The van der Waals surface area contributed by atoms with E-state index in [-0.39, 0.29) is 5.60 Å². The van der Waals surface area contributed by atoms with Crippen molar-refractivity contribution in [3.63, 3.8) is 0 Å². The molecule has 2 heterocycles. The predicted molar refractivity (Wildman–Crippen MR) is 143 cm³/mol. The Kier molecular flexibility index (Phi) is 9.90. The number of carbonyl (C=O) groups excluding carboxylic acids is 1. The number of amides is 1. The van der Waals surface area contributed by atoms with Crippen molar-refractivity contribution < 1.29 is 19.0 Å². The standard InChI is InChI=1S/C29H39ClN2O4/c1-34-29(23-36-27-11-6-9-25(30)21-27)13-17-31(18-14-29)22-24-8-5-10-26(20-24)35-19-7-16-32-15-4-2-3-12-28(32)33/h5-6,8-11,20-21H,2-4,7,12-19,22-23H2,1H3. The lowest BCUT2D eigenvalue weighted by molar-refractivity contribution is -0.130. The van der Waals surface area contributed by atoms with Crippen LogP contribution in [0.15, 0.2) is 48.5 Å². The fourth-order valence-electron chi connectivity index (χ4n) is 5.01. The average Bonchev–Trinajstić information content (AvgIpc) is 3.10. The molecule has 2 aromatic rings. The molecule has 0 bridgehead atoms. The quantitative estimate of drug-likeness (QED) is 0.367. The highest BCUT2D eigenvalue weighted by Gasteiger charge is 2.35. The molecule has 4 rings (SSSR count). The molecule has 36 heavy (non-hydrogen) atoms. The molecule has 0 N–H and O–H groups in total. The van der Waals surface area contributed by atoms with Gasteiger partial charge in [-0.25, -0.2) is 0 Å². The van der Waals surface area contributed by atoms with Crippen LogP contribution in [0.4, 0.5) is 0 Å². The van der Waals surface area contributed by atoms with Crippen molar-refractivity contribution in [1.29, 1.82) is 0 Å². The Morgan fingerprint density at radius 2 is 1.72 bits per heavy atom. The monoisotopic (exact) mass is 514 g/mol. The lowest BCUT2D eigenvalue weighted by atomic mass is 9.91. The van der Waals surface area contributed by atoms with Crippen molar-refractivity contribution >= 4 is 17.5 Å². The maximum atomic E-state index is 12.1. The molecule has 2 aliphatic rings. The number of nitrogens with zero attached hydrogens (tertiary/aromatic N) is 2. The lowest BCUT2D eigenvalue weighted by Gasteiger charge is -2.40. The van der Waals surface area contributed by atoms with Crippen molar-refractivity contribution in [1.82, 2.24) is 9.80 Å². The maximum Gasteiger partial charge on any atom is 0.222 e. The lowest BCUT2D eigenvalue weighted by Crippen LogP contribution is -2.48. The Morgan fingerprint density at radius 3 is 2.50 bits per heavy atom. The van der Waals surface area contributed by atoms with E-state index in [1.54, 1.807) is 7.11 Å². The third-order valence-electron chi connectivity index (χ3n) is 7.32. The first-order valence-corrected chi connectivity index (χ1v) is 13.6. The Balaban J connectivity index is 1.20. The highest BCUT2D eigenvalue weighted by molar-refractivity contribution is 6.30. The summed E-state index contributed by atoms with van der Waals surface area (Å²) >= 11 is 6.08. The average molecular weight is 515 g/mol. The Bertz CT molecular complexity index is 977. The molecule has 1 amide bonds.